The molecule has 0 aromatic heterocycles. The van der Waals surface area contributed by atoms with E-state index in [1.807, 2.05) is 32.9 Å². The number of hydrogen-bond acceptors (Lipinski definition) is 5. The number of hydrogen-bond donors (Lipinski definition) is 1. The second-order valence-electron chi connectivity index (χ2n) is 7.78. The first-order valence-corrected chi connectivity index (χ1v) is 10.7. The third kappa shape index (κ3) is 5.13. The lowest BCUT2D eigenvalue weighted by Gasteiger charge is -2.30. The van der Waals surface area contributed by atoms with Crippen molar-refractivity contribution in [2.24, 2.45) is 0 Å². The molecule has 1 aromatic rings. The van der Waals surface area contributed by atoms with Crippen molar-refractivity contribution in [2.45, 2.75) is 70.3 Å². The number of ether oxygens (including phenoxy) is 3. The number of nitrogens with one attached hydrogen (secondary N) is 1. The monoisotopic (exact) mass is 401 g/mol. The Bertz CT molecular complexity index is 616. The molecule has 0 amide bonds. The van der Waals surface area contributed by atoms with Crippen LogP contribution in [0.25, 0.3) is 0 Å². The number of fused-ring (bicyclic) bond motifs is 1. The summed E-state index contributed by atoms with van der Waals surface area (Å²) < 4.78 is 32.7. The van der Waals surface area contributed by atoms with Gasteiger partial charge in [0.1, 0.15) is 4.75 Å². The van der Waals surface area contributed by atoms with Gasteiger partial charge in [-0.25, -0.2) is 0 Å². The van der Waals surface area contributed by atoms with Crippen molar-refractivity contribution < 1.29 is 18.8 Å². The van der Waals surface area contributed by atoms with Crippen LogP contribution in [0.15, 0.2) is 12.1 Å². The summed E-state index contributed by atoms with van der Waals surface area (Å²) in [6.45, 7) is 8.50. The molecule has 1 saturated heterocycles. The highest BCUT2D eigenvalue weighted by molar-refractivity contribution is 7.90. The van der Waals surface area contributed by atoms with E-state index in [2.05, 4.69) is 4.72 Å². The lowest BCUT2D eigenvalue weighted by Crippen LogP contribution is -2.42. The predicted octanol–water partition coefficient (Wildman–Crippen LogP) is 4.01. The van der Waals surface area contributed by atoms with Gasteiger partial charge in [-0.05, 0) is 62.4 Å². The Labute approximate surface area is 164 Å². The quantitative estimate of drug-likeness (QED) is 0.730. The maximum atomic E-state index is 12.8. The topological polar surface area (TPSA) is 62.8 Å². The van der Waals surface area contributed by atoms with E-state index in [1.54, 1.807) is 0 Å². The maximum Gasteiger partial charge on any atom is 0.157 e. The number of benzene rings is 1. The van der Waals surface area contributed by atoms with Crippen LogP contribution in [0.2, 0.25) is 5.02 Å². The molecule has 5 nitrogen and oxygen atoms in total. The summed E-state index contributed by atoms with van der Waals surface area (Å²) >= 11 is 5.15. The van der Waals surface area contributed by atoms with Crippen molar-refractivity contribution in [3.8, 4) is 0 Å². The molecule has 2 atom stereocenters. The zero-order chi connectivity index (χ0) is 18.7. The van der Waals surface area contributed by atoms with Gasteiger partial charge in [0, 0.05) is 22.8 Å². The van der Waals surface area contributed by atoms with Crippen LogP contribution in [0, 0.1) is 0 Å². The third-order valence-electron chi connectivity index (χ3n) is 4.61. The van der Waals surface area contributed by atoms with Crippen LogP contribution in [0.5, 0.6) is 0 Å². The van der Waals surface area contributed by atoms with Crippen LogP contribution in [0.4, 0.5) is 0 Å². The van der Waals surface area contributed by atoms with Gasteiger partial charge in [0.25, 0.3) is 0 Å². The molecule has 0 radical (unpaired) electrons. The minimum Gasteiger partial charge on any atom is -0.598 e. The van der Waals surface area contributed by atoms with Crippen LogP contribution in [0.1, 0.15) is 62.8 Å². The molecule has 1 N–H and O–H groups in total. The molecular weight excluding hydrogens is 374 g/mol. The molecule has 1 aromatic carbocycles. The Hall–Kier alpha value is -0.340. The van der Waals surface area contributed by atoms with Gasteiger partial charge in [-0.2, -0.15) is 0 Å². The Morgan fingerprint density at radius 2 is 2.00 bits per heavy atom. The van der Waals surface area contributed by atoms with E-state index in [0.29, 0.717) is 18.2 Å². The first-order valence-electron chi connectivity index (χ1n) is 9.15. The highest BCUT2D eigenvalue weighted by Gasteiger charge is 2.32. The van der Waals surface area contributed by atoms with Crippen LogP contribution < -0.4 is 4.72 Å². The van der Waals surface area contributed by atoms with Crippen molar-refractivity contribution in [1.29, 1.82) is 0 Å². The van der Waals surface area contributed by atoms with Gasteiger partial charge in [0.2, 0.25) is 0 Å². The zero-order valence-electron chi connectivity index (χ0n) is 15.7. The molecular formula is C19H28ClNO4S. The van der Waals surface area contributed by atoms with Gasteiger partial charge in [-0.1, -0.05) is 11.6 Å². The molecule has 2 aliphatic heterocycles. The van der Waals surface area contributed by atoms with Crippen molar-refractivity contribution in [2.75, 3.05) is 13.2 Å². The van der Waals surface area contributed by atoms with Gasteiger partial charge < -0.3 is 18.8 Å². The minimum atomic E-state index is -1.19. The van der Waals surface area contributed by atoms with Crippen LogP contribution >= 0.6 is 11.6 Å². The van der Waals surface area contributed by atoms with Crippen molar-refractivity contribution >= 4 is 23.0 Å². The lowest BCUT2D eigenvalue weighted by atomic mass is 9.95. The summed E-state index contributed by atoms with van der Waals surface area (Å²) in [5, 5.41) is 0.683. The van der Waals surface area contributed by atoms with Crippen LogP contribution in [-0.2, 0) is 38.8 Å². The summed E-state index contributed by atoms with van der Waals surface area (Å²) in [6, 6.07) is 3.83. The summed E-state index contributed by atoms with van der Waals surface area (Å²) in [5.74, 6) is 0. The molecule has 1 fully saturated rings. The largest absolute Gasteiger partial charge is 0.598 e. The Kier molecular flexibility index (Phi) is 6.88. The molecule has 3 rings (SSSR count). The van der Waals surface area contributed by atoms with E-state index >= 15 is 0 Å². The first-order chi connectivity index (χ1) is 12.3. The molecule has 0 saturated carbocycles. The standard InChI is InChI=1S/C19H28ClNO4S/c1-19(2,3)26(22)21-17(5-6-18-24-7-4-8-25-18)15-10-14(20)9-13-11-23-12-16(13)15/h9-10,17-18,21H,4-8,11-12H2,1-3H3/t17-,26-/m0/s1. The van der Waals surface area contributed by atoms with E-state index in [1.165, 1.54) is 0 Å². The van der Waals surface area contributed by atoms with Gasteiger partial charge in [-0.3, -0.25) is 0 Å². The van der Waals surface area contributed by atoms with Gasteiger partial charge in [0.05, 0.1) is 32.5 Å². The van der Waals surface area contributed by atoms with E-state index in [0.717, 1.165) is 49.2 Å². The average molecular weight is 402 g/mol. The van der Waals surface area contributed by atoms with Crippen LogP contribution in [0.3, 0.4) is 0 Å². The van der Waals surface area contributed by atoms with Gasteiger partial charge in [0.15, 0.2) is 6.29 Å². The second kappa shape index (κ2) is 8.78. The van der Waals surface area contributed by atoms with Gasteiger partial charge >= 0.3 is 0 Å². The third-order valence-corrected chi connectivity index (χ3v) is 6.44. The Balaban J connectivity index is 1.80. The predicted molar refractivity (Wildman–Crippen MR) is 103 cm³/mol. The van der Waals surface area contributed by atoms with Crippen molar-refractivity contribution in [1.82, 2.24) is 4.72 Å². The first kappa shape index (κ1) is 20.4. The number of halogens is 1. The minimum absolute atomic E-state index is 0.0988. The highest BCUT2D eigenvalue weighted by atomic mass is 35.5. The SMILES string of the molecule is CC(C)(C)[S@+]([O-])N[C@@H](CCC1OCCCO1)c1cc(Cl)cc2c1COC2. The maximum absolute atomic E-state index is 12.8. The van der Waals surface area contributed by atoms with E-state index < -0.39 is 11.4 Å². The fourth-order valence-corrected chi connectivity index (χ4v) is 4.29. The smallest absolute Gasteiger partial charge is 0.157 e. The van der Waals surface area contributed by atoms with Gasteiger partial charge in [-0.15, -0.1) is 4.72 Å². The summed E-state index contributed by atoms with van der Waals surface area (Å²) in [5.41, 5.74) is 3.34. The zero-order valence-corrected chi connectivity index (χ0v) is 17.3. The molecule has 26 heavy (non-hydrogen) atoms. The van der Waals surface area contributed by atoms with Crippen LogP contribution in [-0.4, -0.2) is 28.8 Å². The molecule has 7 heteroatoms. The average Bonchev–Trinajstić information content (AvgIpc) is 3.06. The van der Waals surface area contributed by atoms with Crippen molar-refractivity contribution in [3.63, 3.8) is 0 Å². The lowest BCUT2D eigenvalue weighted by molar-refractivity contribution is -0.182. The summed E-state index contributed by atoms with van der Waals surface area (Å²) in [6.07, 6.45) is 2.23. The second-order valence-corrected chi connectivity index (χ2v) is 10.2. The highest BCUT2D eigenvalue weighted by Crippen LogP contribution is 2.34. The molecule has 146 valence electrons. The summed E-state index contributed by atoms with van der Waals surface area (Å²) in [7, 11) is 0. The fourth-order valence-electron chi connectivity index (χ4n) is 3.18. The van der Waals surface area contributed by atoms with E-state index in [9.17, 15) is 4.55 Å². The van der Waals surface area contributed by atoms with E-state index in [-0.39, 0.29) is 17.1 Å². The number of rotatable bonds is 6. The van der Waals surface area contributed by atoms with E-state index in [4.69, 9.17) is 25.8 Å². The molecule has 0 unspecified atom stereocenters. The fraction of sp³-hybridized carbons (Fsp3) is 0.684. The molecule has 2 aliphatic rings. The molecule has 2 heterocycles. The Morgan fingerprint density at radius 1 is 1.27 bits per heavy atom. The van der Waals surface area contributed by atoms with Crippen molar-refractivity contribution in [3.05, 3.63) is 33.8 Å². The Morgan fingerprint density at radius 3 is 2.69 bits per heavy atom. The normalized spacial score (nSPS) is 20.8. The molecule has 0 spiro atoms. The molecule has 0 bridgehead atoms. The summed E-state index contributed by atoms with van der Waals surface area (Å²) in [4.78, 5) is 0. The molecule has 0 aliphatic carbocycles.